The van der Waals surface area contributed by atoms with Gasteiger partial charge in [-0.15, -0.1) is 0 Å². The molecule has 0 spiro atoms. The van der Waals surface area contributed by atoms with Crippen LogP contribution in [0, 0.1) is 13.8 Å². The van der Waals surface area contributed by atoms with E-state index in [9.17, 15) is 4.79 Å². The van der Waals surface area contributed by atoms with E-state index in [1.54, 1.807) is 4.90 Å². The Balaban J connectivity index is 1.39. The zero-order chi connectivity index (χ0) is 19.5. The number of likely N-dealkylation sites (tertiary alicyclic amines) is 1. The number of carbonyl (C=O) groups excluding carboxylic acids is 1. The maximum absolute atomic E-state index is 12.5. The largest absolute Gasteiger partial charge is 0.338 e. The van der Waals surface area contributed by atoms with Crippen LogP contribution in [0.4, 0.5) is 10.7 Å². The summed E-state index contributed by atoms with van der Waals surface area (Å²) in [5.74, 6) is 1.52. The third-order valence-electron chi connectivity index (χ3n) is 5.27. The standard InChI is InChI=1S/C21H23N5O2/c1-14-15(2)25-28-20(14)24-21(27)26-12-9-17(10-13-26)19-22-11-8-18(23-19)16-6-4-3-5-7-16/h3-8,11,17H,9-10,12-13H2,1-2H3,(H,24,27). The van der Waals surface area contributed by atoms with Gasteiger partial charge in [-0.05, 0) is 32.8 Å². The molecule has 1 N–H and O–H groups in total. The molecule has 1 aliphatic rings. The molecule has 1 saturated heterocycles. The molecule has 0 radical (unpaired) electrons. The average molecular weight is 377 g/mol. The number of benzene rings is 1. The normalized spacial score (nSPS) is 14.9. The van der Waals surface area contributed by atoms with Crippen molar-refractivity contribution < 1.29 is 9.32 Å². The number of nitrogens with zero attached hydrogens (tertiary/aromatic N) is 4. The number of anilines is 1. The van der Waals surface area contributed by atoms with Gasteiger partial charge in [0.25, 0.3) is 0 Å². The molecule has 0 atom stereocenters. The molecule has 1 fully saturated rings. The number of aromatic nitrogens is 3. The van der Waals surface area contributed by atoms with E-state index in [0.717, 1.165) is 41.2 Å². The second-order valence-corrected chi connectivity index (χ2v) is 7.08. The number of amides is 2. The topological polar surface area (TPSA) is 84.2 Å². The molecule has 7 nitrogen and oxygen atoms in total. The first-order valence-corrected chi connectivity index (χ1v) is 9.49. The van der Waals surface area contributed by atoms with Gasteiger partial charge in [-0.2, -0.15) is 0 Å². The van der Waals surface area contributed by atoms with Crippen LogP contribution in [-0.2, 0) is 0 Å². The van der Waals surface area contributed by atoms with Gasteiger partial charge in [0.2, 0.25) is 5.88 Å². The molecule has 0 saturated carbocycles. The van der Waals surface area contributed by atoms with Gasteiger partial charge >= 0.3 is 6.03 Å². The Morgan fingerprint density at radius 3 is 2.57 bits per heavy atom. The number of hydrogen-bond donors (Lipinski definition) is 1. The lowest BCUT2D eigenvalue weighted by Crippen LogP contribution is -2.40. The van der Waals surface area contributed by atoms with E-state index in [-0.39, 0.29) is 11.9 Å². The van der Waals surface area contributed by atoms with Gasteiger partial charge < -0.3 is 9.42 Å². The van der Waals surface area contributed by atoms with E-state index >= 15 is 0 Å². The predicted octanol–water partition coefficient (Wildman–Crippen LogP) is 4.16. The summed E-state index contributed by atoms with van der Waals surface area (Å²) in [6, 6.07) is 11.9. The second-order valence-electron chi connectivity index (χ2n) is 7.08. The van der Waals surface area contributed by atoms with Crippen molar-refractivity contribution in [1.82, 2.24) is 20.0 Å². The van der Waals surface area contributed by atoms with E-state index < -0.39 is 0 Å². The molecule has 3 aromatic rings. The van der Waals surface area contributed by atoms with Crippen LogP contribution in [0.1, 0.15) is 35.8 Å². The van der Waals surface area contributed by atoms with Crippen LogP contribution in [0.3, 0.4) is 0 Å². The molecule has 7 heteroatoms. The highest BCUT2D eigenvalue weighted by atomic mass is 16.5. The van der Waals surface area contributed by atoms with Gasteiger partial charge in [0.15, 0.2) is 0 Å². The third-order valence-corrected chi connectivity index (χ3v) is 5.27. The van der Waals surface area contributed by atoms with Crippen LogP contribution < -0.4 is 5.32 Å². The first-order chi connectivity index (χ1) is 13.6. The van der Waals surface area contributed by atoms with E-state index in [2.05, 4.69) is 15.5 Å². The lowest BCUT2D eigenvalue weighted by atomic mass is 9.96. The van der Waals surface area contributed by atoms with Crippen molar-refractivity contribution in [3.63, 3.8) is 0 Å². The van der Waals surface area contributed by atoms with Gasteiger partial charge in [-0.1, -0.05) is 35.5 Å². The van der Waals surface area contributed by atoms with Gasteiger partial charge in [0.1, 0.15) is 5.82 Å². The SMILES string of the molecule is Cc1noc(NC(=O)N2CCC(c3nccc(-c4ccccc4)n3)CC2)c1C. The lowest BCUT2D eigenvalue weighted by molar-refractivity contribution is 0.192. The molecule has 1 aliphatic heterocycles. The molecule has 4 rings (SSSR count). The maximum Gasteiger partial charge on any atom is 0.324 e. The molecule has 144 valence electrons. The zero-order valence-corrected chi connectivity index (χ0v) is 16.1. The quantitative estimate of drug-likeness (QED) is 0.741. The summed E-state index contributed by atoms with van der Waals surface area (Å²) in [5.41, 5.74) is 3.65. The zero-order valence-electron chi connectivity index (χ0n) is 16.1. The highest BCUT2D eigenvalue weighted by molar-refractivity contribution is 5.88. The first kappa shape index (κ1) is 18.2. The highest BCUT2D eigenvalue weighted by Crippen LogP contribution is 2.28. The second kappa shape index (κ2) is 7.80. The van der Waals surface area contributed by atoms with E-state index in [0.29, 0.717) is 19.0 Å². The van der Waals surface area contributed by atoms with Crippen molar-refractivity contribution >= 4 is 11.9 Å². The van der Waals surface area contributed by atoms with Crippen molar-refractivity contribution in [2.45, 2.75) is 32.6 Å². The van der Waals surface area contributed by atoms with Crippen molar-refractivity contribution in [3.8, 4) is 11.3 Å². The minimum Gasteiger partial charge on any atom is -0.338 e. The summed E-state index contributed by atoms with van der Waals surface area (Å²) in [4.78, 5) is 23.6. The number of carbonyl (C=O) groups is 1. The lowest BCUT2D eigenvalue weighted by Gasteiger charge is -2.31. The summed E-state index contributed by atoms with van der Waals surface area (Å²) in [6.45, 7) is 5.04. The van der Waals surface area contributed by atoms with Crippen molar-refractivity contribution in [2.24, 2.45) is 0 Å². The number of piperidine rings is 1. The Labute approximate surface area is 163 Å². The summed E-state index contributed by atoms with van der Waals surface area (Å²) in [7, 11) is 0. The number of aryl methyl sites for hydroxylation is 1. The summed E-state index contributed by atoms with van der Waals surface area (Å²) in [6.07, 6.45) is 3.49. The molecule has 0 bridgehead atoms. The Bertz CT molecular complexity index is 962. The molecule has 1 aromatic carbocycles. The third kappa shape index (κ3) is 3.74. The molecule has 28 heavy (non-hydrogen) atoms. The number of hydrogen-bond acceptors (Lipinski definition) is 5. The van der Waals surface area contributed by atoms with Gasteiger partial charge in [0.05, 0.1) is 11.4 Å². The van der Waals surface area contributed by atoms with Crippen LogP contribution >= 0.6 is 0 Å². The van der Waals surface area contributed by atoms with Crippen LogP contribution in [0.15, 0.2) is 47.1 Å². The molecule has 2 aromatic heterocycles. The minimum absolute atomic E-state index is 0.156. The van der Waals surface area contributed by atoms with Crippen LogP contribution in [0.2, 0.25) is 0 Å². The highest BCUT2D eigenvalue weighted by Gasteiger charge is 2.26. The predicted molar refractivity (Wildman–Crippen MR) is 106 cm³/mol. The van der Waals surface area contributed by atoms with Gasteiger partial charge in [-0.25, -0.2) is 14.8 Å². The van der Waals surface area contributed by atoms with Crippen molar-refractivity contribution in [2.75, 3.05) is 18.4 Å². The maximum atomic E-state index is 12.5. The van der Waals surface area contributed by atoms with Crippen molar-refractivity contribution in [1.29, 1.82) is 0 Å². The number of rotatable bonds is 3. The Morgan fingerprint density at radius 2 is 1.89 bits per heavy atom. The molecule has 2 amide bonds. The van der Waals surface area contributed by atoms with E-state index in [1.807, 2.05) is 56.4 Å². The average Bonchev–Trinajstić information content (AvgIpc) is 3.06. The fraction of sp³-hybridized carbons (Fsp3) is 0.333. The smallest absolute Gasteiger partial charge is 0.324 e. The monoisotopic (exact) mass is 377 g/mol. The molecule has 3 heterocycles. The van der Waals surface area contributed by atoms with Gasteiger partial charge in [-0.3, -0.25) is 5.32 Å². The van der Waals surface area contributed by atoms with Crippen LogP contribution in [0.25, 0.3) is 11.3 Å². The van der Waals surface area contributed by atoms with E-state index in [4.69, 9.17) is 9.51 Å². The Kier molecular flexibility index (Phi) is 5.06. The summed E-state index contributed by atoms with van der Waals surface area (Å²) in [5, 5.41) is 6.69. The molecule has 0 aliphatic carbocycles. The molecular weight excluding hydrogens is 354 g/mol. The molecule has 0 unspecified atom stereocenters. The Hall–Kier alpha value is -3.22. The van der Waals surface area contributed by atoms with Gasteiger partial charge in [0, 0.05) is 36.3 Å². The summed E-state index contributed by atoms with van der Waals surface area (Å²) >= 11 is 0. The number of nitrogens with one attached hydrogen (secondary N) is 1. The Morgan fingerprint density at radius 1 is 1.14 bits per heavy atom. The molecular formula is C21H23N5O2. The fourth-order valence-electron chi connectivity index (χ4n) is 3.39. The minimum atomic E-state index is -0.156. The van der Waals surface area contributed by atoms with Crippen LogP contribution in [0.5, 0.6) is 0 Å². The summed E-state index contributed by atoms with van der Waals surface area (Å²) < 4.78 is 5.17. The first-order valence-electron chi connectivity index (χ1n) is 9.49. The van der Waals surface area contributed by atoms with Crippen LogP contribution in [-0.4, -0.2) is 39.1 Å². The van der Waals surface area contributed by atoms with E-state index in [1.165, 1.54) is 0 Å². The fourth-order valence-corrected chi connectivity index (χ4v) is 3.39. The number of urea groups is 1. The van der Waals surface area contributed by atoms with Crippen molar-refractivity contribution in [3.05, 3.63) is 59.7 Å².